The lowest BCUT2D eigenvalue weighted by molar-refractivity contribution is 0.169. The number of fused-ring (bicyclic) bond motifs is 3. The molecule has 1 aliphatic rings. The summed E-state index contributed by atoms with van der Waals surface area (Å²) < 4.78 is 37.0. The van der Waals surface area contributed by atoms with Gasteiger partial charge in [0.05, 0.1) is 19.1 Å². The standard InChI is InChI=1S/C21H27N3O6S/c1-13(9-21(2,3)23-20(25)26)11-29-15-5-6-16-14(7-15)12-30-18-10-22-19(8-17(16)18)24-31(4,27)28/h5-8,10,13,23H,9,11-12H2,1-4H3,(H,22,24)(H,25,26)/t13-/m0/s1. The molecule has 31 heavy (non-hydrogen) atoms. The van der Waals surface area contributed by atoms with Gasteiger partial charge in [0.15, 0.2) is 0 Å². The summed E-state index contributed by atoms with van der Waals surface area (Å²) in [4.78, 5) is 15.0. The summed E-state index contributed by atoms with van der Waals surface area (Å²) in [6, 6.07) is 7.31. The summed E-state index contributed by atoms with van der Waals surface area (Å²) in [5, 5.41) is 11.4. The fourth-order valence-corrected chi connectivity index (χ4v) is 4.21. The molecule has 0 saturated carbocycles. The lowest BCUT2D eigenvalue weighted by Gasteiger charge is -2.28. The zero-order chi connectivity index (χ0) is 22.8. The molecule has 1 aromatic carbocycles. The van der Waals surface area contributed by atoms with Gasteiger partial charge in [0, 0.05) is 16.7 Å². The number of nitrogens with zero attached hydrogens (tertiary/aromatic N) is 1. The molecule has 1 atom stereocenters. The van der Waals surface area contributed by atoms with E-state index in [1.165, 1.54) is 6.20 Å². The average Bonchev–Trinajstić information content (AvgIpc) is 2.63. The molecule has 10 heteroatoms. The minimum Gasteiger partial charge on any atom is -0.493 e. The number of hydrogen-bond acceptors (Lipinski definition) is 6. The zero-order valence-electron chi connectivity index (χ0n) is 17.9. The second-order valence-corrected chi connectivity index (χ2v) is 10.2. The van der Waals surface area contributed by atoms with Gasteiger partial charge in [0.2, 0.25) is 10.0 Å². The van der Waals surface area contributed by atoms with Crippen LogP contribution in [0.3, 0.4) is 0 Å². The second-order valence-electron chi connectivity index (χ2n) is 8.48. The van der Waals surface area contributed by atoms with E-state index in [2.05, 4.69) is 15.0 Å². The van der Waals surface area contributed by atoms with Gasteiger partial charge >= 0.3 is 6.09 Å². The van der Waals surface area contributed by atoms with Crippen LogP contribution >= 0.6 is 0 Å². The number of benzene rings is 1. The van der Waals surface area contributed by atoms with Crippen molar-refractivity contribution < 1.29 is 27.8 Å². The van der Waals surface area contributed by atoms with E-state index in [0.717, 1.165) is 22.9 Å². The third-order valence-corrected chi connectivity index (χ3v) is 5.33. The van der Waals surface area contributed by atoms with Gasteiger partial charge in [-0.05, 0) is 49.9 Å². The van der Waals surface area contributed by atoms with Crippen molar-refractivity contribution in [2.45, 2.75) is 39.3 Å². The molecule has 3 rings (SSSR count). The maximum absolute atomic E-state index is 11.5. The fraction of sp³-hybridized carbons (Fsp3) is 0.429. The molecule has 0 saturated heterocycles. The highest BCUT2D eigenvalue weighted by atomic mass is 32.2. The number of sulfonamides is 1. The summed E-state index contributed by atoms with van der Waals surface area (Å²) in [6.45, 7) is 6.48. The van der Waals surface area contributed by atoms with Crippen molar-refractivity contribution in [2.75, 3.05) is 17.6 Å². The summed E-state index contributed by atoms with van der Waals surface area (Å²) in [5.74, 6) is 1.63. The SMILES string of the molecule is C[C@H](COc1ccc2c(c1)COc1cnc(NS(C)(=O)=O)cc1-2)CC(C)(C)NC(=O)O. The lowest BCUT2D eigenvalue weighted by Crippen LogP contribution is -2.44. The monoisotopic (exact) mass is 449 g/mol. The van der Waals surface area contributed by atoms with Crippen LogP contribution in [0.5, 0.6) is 11.5 Å². The first-order valence-corrected chi connectivity index (χ1v) is 11.7. The second kappa shape index (κ2) is 8.62. The molecule has 0 unspecified atom stereocenters. The number of anilines is 1. The minimum absolute atomic E-state index is 0.130. The third kappa shape index (κ3) is 6.24. The Labute approximate surface area is 181 Å². The maximum Gasteiger partial charge on any atom is 0.405 e. The highest BCUT2D eigenvalue weighted by Gasteiger charge is 2.24. The van der Waals surface area contributed by atoms with E-state index in [-0.39, 0.29) is 11.7 Å². The molecule has 168 valence electrons. The molecule has 0 bridgehead atoms. The molecule has 1 aliphatic heterocycles. The van der Waals surface area contributed by atoms with Crippen molar-refractivity contribution in [3.8, 4) is 22.6 Å². The molecule has 1 amide bonds. The molecule has 0 fully saturated rings. The average molecular weight is 450 g/mol. The van der Waals surface area contributed by atoms with Gasteiger partial charge < -0.3 is 19.9 Å². The molecule has 9 nitrogen and oxygen atoms in total. The minimum atomic E-state index is -3.43. The molecular weight excluding hydrogens is 422 g/mol. The lowest BCUT2D eigenvalue weighted by atomic mass is 9.92. The molecular formula is C21H27N3O6S. The highest BCUT2D eigenvalue weighted by molar-refractivity contribution is 7.92. The van der Waals surface area contributed by atoms with Crippen molar-refractivity contribution in [1.29, 1.82) is 0 Å². The van der Waals surface area contributed by atoms with Crippen LogP contribution in [-0.4, -0.2) is 43.0 Å². The van der Waals surface area contributed by atoms with Gasteiger partial charge in [0.1, 0.15) is 23.9 Å². The number of carboxylic acid groups (broad SMARTS) is 1. The Morgan fingerprint density at radius 1 is 1.32 bits per heavy atom. The molecule has 0 spiro atoms. The van der Waals surface area contributed by atoms with Crippen molar-refractivity contribution in [3.63, 3.8) is 0 Å². The largest absolute Gasteiger partial charge is 0.493 e. The number of pyridine rings is 1. The first kappa shape index (κ1) is 22.7. The van der Waals surface area contributed by atoms with Crippen LogP contribution in [0.15, 0.2) is 30.5 Å². The normalized spacial score (nSPS) is 13.9. The van der Waals surface area contributed by atoms with E-state index < -0.39 is 21.7 Å². The van der Waals surface area contributed by atoms with Gasteiger partial charge in [-0.2, -0.15) is 0 Å². The predicted molar refractivity (Wildman–Crippen MR) is 117 cm³/mol. The topological polar surface area (TPSA) is 127 Å². The van der Waals surface area contributed by atoms with E-state index in [4.69, 9.17) is 14.6 Å². The van der Waals surface area contributed by atoms with Crippen LogP contribution < -0.4 is 19.5 Å². The van der Waals surface area contributed by atoms with Gasteiger partial charge in [-0.3, -0.25) is 4.72 Å². The number of ether oxygens (including phenoxy) is 2. The number of aromatic nitrogens is 1. The third-order valence-electron chi connectivity index (χ3n) is 4.75. The van der Waals surface area contributed by atoms with Crippen LogP contribution in [0.2, 0.25) is 0 Å². The number of rotatable bonds is 8. The molecule has 3 N–H and O–H groups in total. The Bertz CT molecular complexity index is 1080. The molecule has 2 heterocycles. The Morgan fingerprint density at radius 2 is 2.06 bits per heavy atom. The molecule has 1 aromatic heterocycles. The predicted octanol–water partition coefficient (Wildman–Crippen LogP) is 3.46. The molecule has 2 aromatic rings. The van der Waals surface area contributed by atoms with Crippen LogP contribution in [0, 0.1) is 5.92 Å². The number of hydrogen-bond donors (Lipinski definition) is 3. The zero-order valence-corrected chi connectivity index (χ0v) is 18.7. The van der Waals surface area contributed by atoms with Crippen LogP contribution in [-0.2, 0) is 16.6 Å². The Morgan fingerprint density at radius 3 is 2.74 bits per heavy atom. The van der Waals surface area contributed by atoms with Gasteiger partial charge in [-0.25, -0.2) is 18.2 Å². The summed E-state index contributed by atoms with van der Waals surface area (Å²) in [6.07, 6.45) is 2.16. The van der Waals surface area contributed by atoms with Gasteiger partial charge in [0.25, 0.3) is 0 Å². The maximum atomic E-state index is 11.5. The smallest absolute Gasteiger partial charge is 0.405 e. The number of nitrogens with one attached hydrogen (secondary N) is 2. The number of amides is 1. The Balaban J connectivity index is 1.71. The van der Waals surface area contributed by atoms with Gasteiger partial charge in [-0.15, -0.1) is 0 Å². The van der Waals surface area contributed by atoms with E-state index in [1.807, 2.05) is 39.0 Å². The van der Waals surface area contributed by atoms with Crippen LogP contribution in [0.25, 0.3) is 11.1 Å². The summed E-state index contributed by atoms with van der Waals surface area (Å²) in [5.41, 5.74) is 2.05. The van der Waals surface area contributed by atoms with Crippen LogP contribution in [0.1, 0.15) is 32.8 Å². The van der Waals surface area contributed by atoms with E-state index >= 15 is 0 Å². The van der Waals surface area contributed by atoms with Gasteiger partial charge in [-0.1, -0.05) is 13.0 Å². The van der Waals surface area contributed by atoms with Crippen molar-refractivity contribution in [2.24, 2.45) is 5.92 Å². The first-order chi connectivity index (χ1) is 14.4. The highest BCUT2D eigenvalue weighted by Crippen LogP contribution is 2.39. The molecule has 0 radical (unpaired) electrons. The van der Waals surface area contributed by atoms with Crippen molar-refractivity contribution >= 4 is 21.9 Å². The van der Waals surface area contributed by atoms with Crippen molar-refractivity contribution in [3.05, 3.63) is 36.0 Å². The number of carbonyl (C=O) groups is 1. The fourth-order valence-electron chi connectivity index (χ4n) is 3.72. The van der Waals surface area contributed by atoms with E-state index in [9.17, 15) is 13.2 Å². The Kier molecular flexibility index (Phi) is 6.30. The van der Waals surface area contributed by atoms with Crippen LogP contribution in [0.4, 0.5) is 10.6 Å². The summed E-state index contributed by atoms with van der Waals surface area (Å²) >= 11 is 0. The van der Waals surface area contributed by atoms with E-state index in [0.29, 0.717) is 31.1 Å². The molecule has 0 aliphatic carbocycles. The summed E-state index contributed by atoms with van der Waals surface area (Å²) in [7, 11) is -3.43. The quantitative estimate of drug-likeness (QED) is 0.563. The van der Waals surface area contributed by atoms with Crippen molar-refractivity contribution in [1.82, 2.24) is 10.3 Å². The van der Waals surface area contributed by atoms with E-state index in [1.54, 1.807) is 6.07 Å². The Hall–Kier alpha value is -3.01. The first-order valence-electron chi connectivity index (χ1n) is 9.80.